The minimum atomic E-state index is -2.17. The zero-order valence-electron chi connectivity index (χ0n) is 26.6. The molecule has 248 valence electrons. The Morgan fingerprint density at radius 2 is 1.79 bits per heavy atom. The average molecular weight is 653 g/mol. The van der Waals surface area contributed by atoms with Crippen LogP contribution in [0.15, 0.2) is 108 Å². The summed E-state index contributed by atoms with van der Waals surface area (Å²) >= 11 is 0. The van der Waals surface area contributed by atoms with Crippen molar-refractivity contribution in [2.45, 2.75) is 32.0 Å². The van der Waals surface area contributed by atoms with Gasteiger partial charge in [0.25, 0.3) is 17.2 Å². The van der Waals surface area contributed by atoms with Crippen molar-refractivity contribution in [1.29, 1.82) is 0 Å². The van der Waals surface area contributed by atoms with Crippen molar-refractivity contribution in [1.82, 2.24) is 9.47 Å². The van der Waals surface area contributed by atoms with E-state index in [1.807, 2.05) is 30.3 Å². The molecule has 48 heavy (non-hydrogen) atoms. The van der Waals surface area contributed by atoms with Crippen molar-refractivity contribution in [3.8, 4) is 11.4 Å². The maximum atomic E-state index is 14.1. The summed E-state index contributed by atoms with van der Waals surface area (Å²) in [5.41, 5.74) is -0.348. The molecule has 0 saturated heterocycles. The van der Waals surface area contributed by atoms with Gasteiger partial charge in [0.1, 0.15) is 0 Å². The fourth-order valence-electron chi connectivity index (χ4n) is 5.88. The van der Waals surface area contributed by atoms with Crippen molar-refractivity contribution in [2.24, 2.45) is 5.92 Å². The van der Waals surface area contributed by atoms with Gasteiger partial charge >= 0.3 is 0 Å². The third kappa shape index (κ3) is 6.75. The fourth-order valence-corrected chi connectivity index (χ4v) is 5.88. The second kappa shape index (κ2) is 14.4. The molecule has 2 atom stereocenters. The fraction of sp³-hybridized carbons (Fsp3) is 0.250. The zero-order valence-corrected chi connectivity index (χ0v) is 26.6. The number of nitrogens with zero attached hydrogens (tertiary/aromatic N) is 4. The summed E-state index contributed by atoms with van der Waals surface area (Å²) in [5, 5.41) is 33.3. The van der Waals surface area contributed by atoms with E-state index in [1.54, 1.807) is 61.7 Å². The van der Waals surface area contributed by atoms with Gasteiger partial charge in [0.2, 0.25) is 5.91 Å². The Hall–Kier alpha value is -5.59. The number of benzene rings is 3. The van der Waals surface area contributed by atoms with Gasteiger partial charge in [-0.25, -0.2) is 0 Å². The molecule has 1 aliphatic heterocycles. The van der Waals surface area contributed by atoms with Crippen LogP contribution < -0.4 is 15.2 Å². The Morgan fingerprint density at radius 1 is 1.04 bits per heavy atom. The van der Waals surface area contributed by atoms with Crippen LogP contribution in [0.4, 0.5) is 11.4 Å². The molecule has 0 bridgehead atoms. The SMILES string of the molecule is COc1cccn(-c2cccc(CN3C(=O)[C@](O)([C@H](C)/C=C/CC(=O)N(CCO)Cc4ccccc4)c4cc([N+](=O)[O-])ccc43)c2)c1=O. The van der Waals surface area contributed by atoms with Crippen LogP contribution >= 0.6 is 0 Å². The lowest BCUT2D eigenvalue weighted by atomic mass is 9.82. The predicted octanol–water partition coefficient (Wildman–Crippen LogP) is 4.09. The number of fused-ring (bicyclic) bond motifs is 1. The van der Waals surface area contributed by atoms with Gasteiger partial charge < -0.3 is 24.7 Å². The number of hydrogen-bond acceptors (Lipinski definition) is 8. The number of ether oxygens (including phenoxy) is 1. The minimum Gasteiger partial charge on any atom is -0.491 e. The highest BCUT2D eigenvalue weighted by Gasteiger charge is 2.53. The highest BCUT2D eigenvalue weighted by Crippen LogP contribution is 2.47. The van der Waals surface area contributed by atoms with E-state index in [9.17, 15) is 34.7 Å². The predicted molar refractivity (Wildman–Crippen MR) is 179 cm³/mol. The van der Waals surface area contributed by atoms with Crippen molar-refractivity contribution >= 4 is 23.2 Å². The average Bonchev–Trinajstić information content (AvgIpc) is 3.30. The topological polar surface area (TPSA) is 155 Å². The van der Waals surface area contributed by atoms with E-state index in [0.717, 1.165) is 5.56 Å². The second-order valence-electron chi connectivity index (χ2n) is 11.5. The number of pyridine rings is 1. The number of hydrogen-bond donors (Lipinski definition) is 2. The lowest BCUT2D eigenvalue weighted by Crippen LogP contribution is -2.44. The number of aromatic nitrogens is 1. The van der Waals surface area contributed by atoms with E-state index in [-0.39, 0.29) is 54.6 Å². The Balaban J connectivity index is 1.41. The van der Waals surface area contributed by atoms with Crippen LogP contribution in [0.3, 0.4) is 0 Å². The molecule has 1 aromatic heterocycles. The quantitative estimate of drug-likeness (QED) is 0.124. The Morgan fingerprint density at radius 3 is 2.50 bits per heavy atom. The molecular weight excluding hydrogens is 616 g/mol. The van der Waals surface area contributed by atoms with Gasteiger partial charge in [-0.15, -0.1) is 0 Å². The number of nitro benzene ring substituents is 1. The lowest BCUT2D eigenvalue weighted by Gasteiger charge is -2.28. The number of methoxy groups -OCH3 is 1. The van der Waals surface area contributed by atoms with Gasteiger partial charge in [0.05, 0.1) is 30.9 Å². The van der Waals surface area contributed by atoms with E-state index < -0.39 is 22.3 Å². The van der Waals surface area contributed by atoms with Crippen molar-refractivity contribution in [3.63, 3.8) is 0 Å². The summed E-state index contributed by atoms with van der Waals surface area (Å²) in [5.74, 6) is -1.66. The van der Waals surface area contributed by atoms with Crippen molar-refractivity contribution in [3.05, 3.63) is 140 Å². The van der Waals surface area contributed by atoms with E-state index in [0.29, 0.717) is 23.5 Å². The van der Waals surface area contributed by atoms with E-state index >= 15 is 0 Å². The molecular formula is C36H36N4O8. The molecule has 0 spiro atoms. The summed E-state index contributed by atoms with van der Waals surface area (Å²) in [7, 11) is 1.41. The molecule has 12 heteroatoms. The van der Waals surface area contributed by atoms with Crippen LogP contribution in [0.25, 0.3) is 5.69 Å². The van der Waals surface area contributed by atoms with Crippen LogP contribution in [0, 0.1) is 16.0 Å². The van der Waals surface area contributed by atoms with Crippen LogP contribution in [-0.2, 0) is 28.3 Å². The van der Waals surface area contributed by atoms with Crippen LogP contribution in [0.1, 0.15) is 30.0 Å². The molecule has 1 aliphatic rings. The Kier molecular flexibility index (Phi) is 10.2. The lowest BCUT2D eigenvalue weighted by molar-refractivity contribution is -0.385. The Bertz CT molecular complexity index is 1910. The van der Waals surface area contributed by atoms with Gasteiger partial charge in [-0.05, 0) is 41.5 Å². The second-order valence-corrected chi connectivity index (χ2v) is 11.5. The standard InChI is InChI=1S/C36H36N4O8/c1-25(9-6-15-33(42)37(19-20-41)23-26-10-4-3-5-11-26)36(45)30-22-29(40(46)47)16-17-31(30)39(35(36)44)24-27-12-7-13-28(21-27)38-18-8-14-32(48-2)34(38)43/h3-14,16-18,21-22,25,41,45H,15,19-20,23-24H2,1-2H3/b9-6+/t25-,36+/m1/s1. The maximum Gasteiger partial charge on any atom is 0.297 e. The first-order valence-corrected chi connectivity index (χ1v) is 15.4. The third-order valence-electron chi connectivity index (χ3n) is 8.44. The van der Waals surface area contributed by atoms with Gasteiger partial charge in [-0.2, -0.15) is 0 Å². The van der Waals surface area contributed by atoms with E-state index in [1.165, 1.54) is 39.7 Å². The number of carbonyl (C=O) groups excluding carboxylic acids is 2. The number of aliphatic hydroxyl groups is 2. The highest BCUT2D eigenvalue weighted by atomic mass is 16.6. The maximum absolute atomic E-state index is 14.1. The van der Waals surface area contributed by atoms with Crippen LogP contribution in [-0.4, -0.2) is 56.7 Å². The van der Waals surface area contributed by atoms with Crippen molar-refractivity contribution in [2.75, 3.05) is 25.2 Å². The summed E-state index contributed by atoms with van der Waals surface area (Å²) in [6, 6.07) is 23.5. The van der Waals surface area contributed by atoms with Gasteiger partial charge in [0.15, 0.2) is 11.4 Å². The van der Waals surface area contributed by atoms with Gasteiger partial charge in [0, 0.05) is 55.0 Å². The summed E-state index contributed by atoms with van der Waals surface area (Å²) in [4.78, 5) is 54.0. The number of nitro groups is 1. The largest absolute Gasteiger partial charge is 0.491 e. The first-order valence-electron chi connectivity index (χ1n) is 15.4. The summed E-state index contributed by atoms with van der Waals surface area (Å²) < 4.78 is 6.57. The monoisotopic (exact) mass is 652 g/mol. The third-order valence-corrected chi connectivity index (χ3v) is 8.44. The molecule has 0 radical (unpaired) electrons. The molecule has 0 saturated carbocycles. The van der Waals surface area contributed by atoms with Gasteiger partial charge in [-0.1, -0.05) is 61.5 Å². The molecule has 0 fully saturated rings. The number of carbonyl (C=O) groups is 2. The normalized spacial score (nSPS) is 16.2. The molecule has 12 nitrogen and oxygen atoms in total. The first kappa shape index (κ1) is 33.8. The highest BCUT2D eigenvalue weighted by molar-refractivity contribution is 6.07. The summed E-state index contributed by atoms with van der Waals surface area (Å²) in [6.07, 6.45) is 4.66. The van der Waals surface area contributed by atoms with E-state index in [2.05, 4.69) is 0 Å². The molecule has 3 aromatic carbocycles. The van der Waals surface area contributed by atoms with E-state index in [4.69, 9.17) is 4.74 Å². The first-order chi connectivity index (χ1) is 23.1. The van der Waals surface area contributed by atoms with Crippen molar-refractivity contribution < 1.29 is 29.5 Å². The number of rotatable bonds is 13. The molecule has 2 heterocycles. The number of amides is 2. The molecule has 4 aromatic rings. The number of anilines is 1. The molecule has 0 unspecified atom stereocenters. The van der Waals surface area contributed by atoms with Crippen LogP contribution in [0.2, 0.25) is 0 Å². The van der Waals surface area contributed by atoms with Crippen LogP contribution in [0.5, 0.6) is 5.75 Å². The number of aliphatic hydroxyl groups excluding tert-OH is 1. The Labute approximate surface area is 276 Å². The molecule has 2 N–H and O–H groups in total. The zero-order chi connectivity index (χ0) is 34.4. The molecule has 5 rings (SSSR count). The minimum absolute atomic E-state index is 0.00302. The smallest absolute Gasteiger partial charge is 0.297 e. The van der Waals surface area contributed by atoms with Gasteiger partial charge in [-0.3, -0.25) is 29.1 Å². The number of non-ortho nitro benzene ring substituents is 1. The molecule has 0 aliphatic carbocycles. The summed E-state index contributed by atoms with van der Waals surface area (Å²) in [6.45, 7) is 1.85. The molecule has 2 amide bonds.